The van der Waals surface area contributed by atoms with E-state index in [2.05, 4.69) is 26.9 Å². The van der Waals surface area contributed by atoms with Crippen molar-refractivity contribution in [2.45, 2.75) is 18.9 Å². The van der Waals surface area contributed by atoms with E-state index in [0.29, 0.717) is 0 Å². The largest absolute Gasteiger partial charge is 0.497 e. The Hall–Kier alpha value is -3.19. The lowest BCUT2D eigenvalue weighted by molar-refractivity contribution is 0.109. The molecule has 0 radical (unpaired) electrons. The molecular formula is C24H27N5O2. The van der Waals surface area contributed by atoms with E-state index >= 15 is 0 Å². The Morgan fingerprint density at radius 2 is 1.71 bits per heavy atom. The van der Waals surface area contributed by atoms with Crippen molar-refractivity contribution in [2.24, 2.45) is 0 Å². The minimum atomic E-state index is 0.0329. The predicted octanol–water partition coefficient (Wildman–Crippen LogP) is 3.73. The van der Waals surface area contributed by atoms with Gasteiger partial charge in [0.25, 0.3) is 0 Å². The van der Waals surface area contributed by atoms with E-state index in [-0.39, 0.29) is 6.10 Å². The Kier molecular flexibility index (Phi) is 5.67. The van der Waals surface area contributed by atoms with Gasteiger partial charge in [-0.15, -0.1) is 0 Å². The lowest BCUT2D eigenvalue weighted by Crippen LogP contribution is -2.47. The quantitative estimate of drug-likeness (QED) is 0.627. The van der Waals surface area contributed by atoms with Crippen LogP contribution in [0.3, 0.4) is 0 Å². The Balaban J connectivity index is 1.35. The summed E-state index contributed by atoms with van der Waals surface area (Å²) < 4.78 is 11.3. The Morgan fingerprint density at radius 3 is 2.39 bits per heavy atom. The second-order valence-corrected chi connectivity index (χ2v) is 7.88. The van der Waals surface area contributed by atoms with Crippen molar-refractivity contribution in [3.63, 3.8) is 0 Å². The number of anilines is 2. The van der Waals surface area contributed by atoms with Gasteiger partial charge in [-0.05, 0) is 54.8 Å². The van der Waals surface area contributed by atoms with E-state index in [0.717, 1.165) is 74.1 Å². The molecule has 0 bridgehead atoms. The maximum absolute atomic E-state index is 5.99. The number of rotatable bonds is 5. The van der Waals surface area contributed by atoms with Crippen LogP contribution < -0.4 is 14.5 Å². The molecule has 7 nitrogen and oxygen atoms in total. The SMILES string of the molecule is COc1ccc(N2CCN(c3ncc(-c4ccncc4)c([C@H]4CCCO4)n3)CC2)cc1. The molecule has 2 aliphatic heterocycles. The molecule has 4 heterocycles. The predicted molar refractivity (Wildman–Crippen MR) is 121 cm³/mol. The summed E-state index contributed by atoms with van der Waals surface area (Å²) in [6, 6.07) is 12.3. The first-order valence-corrected chi connectivity index (χ1v) is 10.8. The number of ether oxygens (including phenoxy) is 2. The fourth-order valence-corrected chi connectivity index (χ4v) is 4.29. The third kappa shape index (κ3) is 4.18. The molecule has 2 aliphatic rings. The fourth-order valence-electron chi connectivity index (χ4n) is 4.29. The summed E-state index contributed by atoms with van der Waals surface area (Å²) >= 11 is 0. The van der Waals surface area contributed by atoms with Crippen molar-refractivity contribution in [1.82, 2.24) is 15.0 Å². The van der Waals surface area contributed by atoms with Crippen LogP contribution in [0.25, 0.3) is 11.1 Å². The Bertz CT molecular complexity index is 998. The maximum Gasteiger partial charge on any atom is 0.225 e. The van der Waals surface area contributed by atoms with Gasteiger partial charge in [0.15, 0.2) is 0 Å². The first kappa shape index (κ1) is 19.8. The summed E-state index contributed by atoms with van der Waals surface area (Å²) in [5, 5.41) is 0. The summed E-state index contributed by atoms with van der Waals surface area (Å²) in [6.07, 6.45) is 7.66. The van der Waals surface area contributed by atoms with Crippen LogP contribution in [0.15, 0.2) is 55.0 Å². The fraction of sp³-hybridized carbons (Fsp3) is 0.375. The van der Waals surface area contributed by atoms with Crippen molar-refractivity contribution >= 4 is 11.6 Å². The van der Waals surface area contributed by atoms with Crippen LogP contribution in [0.5, 0.6) is 5.75 Å². The second-order valence-electron chi connectivity index (χ2n) is 7.88. The van der Waals surface area contributed by atoms with Crippen LogP contribution in [-0.2, 0) is 4.74 Å². The number of aromatic nitrogens is 3. The average molecular weight is 418 g/mol. The summed E-state index contributed by atoms with van der Waals surface area (Å²) in [6.45, 7) is 4.41. The highest BCUT2D eigenvalue weighted by atomic mass is 16.5. The number of nitrogens with zero attached hydrogens (tertiary/aromatic N) is 5. The van der Waals surface area contributed by atoms with Crippen LogP contribution in [0, 0.1) is 0 Å². The normalized spacial score (nSPS) is 18.9. The molecule has 7 heteroatoms. The summed E-state index contributed by atoms with van der Waals surface area (Å²) in [5.41, 5.74) is 4.33. The van der Waals surface area contributed by atoms with E-state index in [1.54, 1.807) is 19.5 Å². The molecule has 160 valence electrons. The van der Waals surface area contributed by atoms with Crippen molar-refractivity contribution in [3.05, 3.63) is 60.7 Å². The Labute approximate surface area is 182 Å². The number of hydrogen-bond donors (Lipinski definition) is 0. The third-order valence-electron chi connectivity index (χ3n) is 6.03. The van der Waals surface area contributed by atoms with Crippen molar-refractivity contribution in [3.8, 4) is 16.9 Å². The Morgan fingerprint density at radius 1 is 0.968 bits per heavy atom. The van der Waals surface area contributed by atoms with E-state index in [4.69, 9.17) is 19.4 Å². The maximum atomic E-state index is 5.99. The molecule has 3 aromatic rings. The van der Waals surface area contributed by atoms with Crippen molar-refractivity contribution in [2.75, 3.05) is 49.7 Å². The lowest BCUT2D eigenvalue weighted by Gasteiger charge is -2.36. The topological polar surface area (TPSA) is 63.6 Å². The number of piperazine rings is 1. The molecule has 2 fully saturated rings. The van der Waals surface area contributed by atoms with E-state index in [1.165, 1.54) is 5.69 Å². The van der Waals surface area contributed by atoms with E-state index in [9.17, 15) is 0 Å². The molecule has 5 rings (SSSR count). The standard InChI is InChI=1S/C24H27N5O2/c1-30-20-6-4-19(5-7-20)28-12-14-29(15-13-28)24-26-17-21(18-8-10-25-11-9-18)23(27-24)22-3-2-16-31-22/h4-11,17,22H,2-3,12-16H2,1H3/t22-/m1/s1. The minimum Gasteiger partial charge on any atom is -0.497 e. The van der Waals surface area contributed by atoms with Crippen LogP contribution in [-0.4, -0.2) is 54.8 Å². The zero-order chi connectivity index (χ0) is 21.0. The van der Waals surface area contributed by atoms with Gasteiger partial charge in [0.05, 0.1) is 12.8 Å². The number of hydrogen-bond acceptors (Lipinski definition) is 7. The molecule has 2 saturated heterocycles. The lowest BCUT2D eigenvalue weighted by atomic mass is 10.0. The van der Waals surface area contributed by atoms with Gasteiger partial charge in [-0.25, -0.2) is 9.97 Å². The van der Waals surface area contributed by atoms with Crippen molar-refractivity contribution < 1.29 is 9.47 Å². The molecule has 0 saturated carbocycles. The highest BCUT2D eigenvalue weighted by Gasteiger charge is 2.26. The molecule has 1 atom stereocenters. The molecule has 1 aromatic carbocycles. The summed E-state index contributed by atoms with van der Waals surface area (Å²) in [4.78, 5) is 18.5. The van der Waals surface area contributed by atoms with Gasteiger partial charge < -0.3 is 19.3 Å². The van der Waals surface area contributed by atoms with Crippen LogP contribution in [0.4, 0.5) is 11.6 Å². The molecule has 31 heavy (non-hydrogen) atoms. The highest BCUT2D eigenvalue weighted by Crippen LogP contribution is 2.35. The van der Waals surface area contributed by atoms with Gasteiger partial charge in [0.1, 0.15) is 11.9 Å². The van der Waals surface area contributed by atoms with Crippen LogP contribution >= 0.6 is 0 Å². The van der Waals surface area contributed by atoms with Gasteiger partial charge in [-0.2, -0.15) is 0 Å². The number of benzene rings is 1. The van der Waals surface area contributed by atoms with Crippen molar-refractivity contribution in [1.29, 1.82) is 0 Å². The first-order valence-electron chi connectivity index (χ1n) is 10.8. The molecule has 0 spiro atoms. The zero-order valence-corrected chi connectivity index (χ0v) is 17.8. The smallest absolute Gasteiger partial charge is 0.225 e. The minimum absolute atomic E-state index is 0.0329. The first-order chi connectivity index (χ1) is 15.3. The molecular weight excluding hydrogens is 390 g/mol. The monoisotopic (exact) mass is 417 g/mol. The molecule has 0 N–H and O–H groups in total. The third-order valence-corrected chi connectivity index (χ3v) is 6.03. The van der Waals surface area contributed by atoms with Gasteiger partial charge >= 0.3 is 0 Å². The molecule has 0 amide bonds. The number of methoxy groups -OCH3 is 1. The van der Waals surface area contributed by atoms with Gasteiger partial charge in [0.2, 0.25) is 5.95 Å². The van der Waals surface area contributed by atoms with Crippen LogP contribution in [0.2, 0.25) is 0 Å². The van der Waals surface area contributed by atoms with Gasteiger partial charge in [-0.3, -0.25) is 4.98 Å². The molecule has 0 unspecified atom stereocenters. The highest BCUT2D eigenvalue weighted by molar-refractivity contribution is 5.66. The average Bonchev–Trinajstić information content (AvgIpc) is 3.39. The second kappa shape index (κ2) is 8.89. The zero-order valence-electron chi connectivity index (χ0n) is 17.8. The molecule has 2 aromatic heterocycles. The molecule has 0 aliphatic carbocycles. The van der Waals surface area contributed by atoms with E-state index in [1.807, 2.05) is 30.5 Å². The van der Waals surface area contributed by atoms with Gasteiger partial charge in [-0.1, -0.05) is 0 Å². The summed E-state index contributed by atoms with van der Waals surface area (Å²) in [7, 11) is 1.69. The van der Waals surface area contributed by atoms with E-state index < -0.39 is 0 Å². The number of pyridine rings is 1. The van der Waals surface area contributed by atoms with Gasteiger partial charge in [0, 0.05) is 62.6 Å². The van der Waals surface area contributed by atoms with Crippen LogP contribution in [0.1, 0.15) is 24.6 Å². The summed E-state index contributed by atoms with van der Waals surface area (Å²) in [5.74, 6) is 1.67.